The first kappa shape index (κ1) is 17.7. The lowest BCUT2D eigenvalue weighted by Gasteiger charge is -2.59. The third kappa shape index (κ3) is 3.30. The van der Waals surface area contributed by atoms with Crippen LogP contribution in [0.4, 0.5) is 0 Å². The van der Waals surface area contributed by atoms with E-state index in [9.17, 15) is 4.79 Å². The lowest BCUT2D eigenvalue weighted by Crippen LogP contribution is -2.56. The predicted octanol–water partition coefficient (Wildman–Crippen LogP) is 4.10. The average Bonchev–Trinajstić information content (AvgIpc) is 2.59. The highest BCUT2D eigenvalue weighted by Gasteiger charge is 2.53. The molecule has 4 heteroatoms. The van der Waals surface area contributed by atoms with Crippen molar-refractivity contribution < 1.29 is 14.3 Å². The van der Waals surface area contributed by atoms with Crippen LogP contribution in [0.25, 0.3) is 0 Å². The van der Waals surface area contributed by atoms with Gasteiger partial charge in [0.25, 0.3) is 5.91 Å². The summed E-state index contributed by atoms with van der Waals surface area (Å²) in [5.74, 6) is 3.95. The molecule has 1 aromatic carbocycles. The molecular formula is C22H31NO3. The maximum Gasteiger partial charge on any atom is 0.258 e. The Hall–Kier alpha value is -1.71. The second kappa shape index (κ2) is 6.79. The zero-order chi connectivity index (χ0) is 18.3. The van der Waals surface area contributed by atoms with Gasteiger partial charge in [-0.25, -0.2) is 0 Å². The van der Waals surface area contributed by atoms with Crippen LogP contribution in [-0.2, 0) is 4.79 Å². The van der Waals surface area contributed by atoms with Crippen LogP contribution in [0.3, 0.4) is 0 Å². The Labute approximate surface area is 156 Å². The van der Waals surface area contributed by atoms with Crippen molar-refractivity contribution in [3.8, 4) is 11.5 Å². The molecule has 0 spiro atoms. The molecule has 4 aliphatic rings. The fourth-order valence-electron chi connectivity index (χ4n) is 6.18. The quantitative estimate of drug-likeness (QED) is 0.834. The van der Waals surface area contributed by atoms with Crippen molar-refractivity contribution >= 4 is 5.91 Å². The van der Waals surface area contributed by atoms with Crippen molar-refractivity contribution in [2.45, 2.75) is 58.4 Å². The van der Waals surface area contributed by atoms with Crippen LogP contribution in [0.2, 0.25) is 0 Å². The Kier molecular flexibility index (Phi) is 4.62. The minimum atomic E-state index is -0.0316. The summed E-state index contributed by atoms with van der Waals surface area (Å²) in [5.41, 5.74) is 1.43. The topological polar surface area (TPSA) is 47.6 Å². The number of benzene rings is 1. The molecule has 1 aromatic rings. The van der Waals surface area contributed by atoms with Crippen LogP contribution in [-0.4, -0.2) is 25.7 Å². The van der Waals surface area contributed by atoms with Crippen LogP contribution < -0.4 is 14.8 Å². The first-order chi connectivity index (χ1) is 12.5. The van der Waals surface area contributed by atoms with E-state index >= 15 is 0 Å². The molecule has 1 atom stereocenters. The summed E-state index contributed by atoms with van der Waals surface area (Å²) in [4.78, 5) is 12.5. The predicted molar refractivity (Wildman–Crippen MR) is 101 cm³/mol. The van der Waals surface area contributed by atoms with Crippen molar-refractivity contribution in [1.29, 1.82) is 0 Å². The summed E-state index contributed by atoms with van der Waals surface area (Å²) < 4.78 is 11.1. The van der Waals surface area contributed by atoms with Gasteiger partial charge in [-0.3, -0.25) is 4.79 Å². The van der Waals surface area contributed by atoms with Gasteiger partial charge in [0.05, 0.1) is 7.11 Å². The van der Waals surface area contributed by atoms with Crippen molar-refractivity contribution in [3.63, 3.8) is 0 Å². The third-order valence-electron chi connectivity index (χ3n) is 7.06. The summed E-state index contributed by atoms with van der Waals surface area (Å²) in [6.07, 6.45) is 8.18. The van der Waals surface area contributed by atoms with E-state index < -0.39 is 0 Å². The molecule has 26 heavy (non-hydrogen) atoms. The smallest absolute Gasteiger partial charge is 0.258 e. The summed E-state index contributed by atoms with van der Waals surface area (Å²) in [6.45, 7) is 4.25. The molecule has 1 N–H and O–H groups in total. The Morgan fingerprint density at radius 1 is 1.15 bits per heavy atom. The van der Waals surface area contributed by atoms with Crippen molar-refractivity contribution in [2.75, 3.05) is 13.7 Å². The van der Waals surface area contributed by atoms with Crippen molar-refractivity contribution in [2.24, 2.45) is 23.2 Å². The number of rotatable bonds is 6. The zero-order valence-electron chi connectivity index (χ0n) is 16.2. The molecule has 0 aromatic heterocycles. The van der Waals surface area contributed by atoms with Crippen LogP contribution in [0.5, 0.6) is 11.5 Å². The van der Waals surface area contributed by atoms with Gasteiger partial charge in [0, 0.05) is 6.04 Å². The Morgan fingerprint density at radius 3 is 2.35 bits per heavy atom. The summed E-state index contributed by atoms with van der Waals surface area (Å²) in [6, 6.07) is 5.98. The number of hydrogen-bond acceptors (Lipinski definition) is 3. The summed E-state index contributed by atoms with van der Waals surface area (Å²) in [7, 11) is 1.62. The molecule has 4 nitrogen and oxygen atoms in total. The number of aryl methyl sites for hydroxylation is 1. The highest BCUT2D eigenvalue weighted by atomic mass is 16.5. The van der Waals surface area contributed by atoms with Gasteiger partial charge in [0.1, 0.15) is 0 Å². The van der Waals surface area contributed by atoms with Gasteiger partial charge < -0.3 is 14.8 Å². The van der Waals surface area contributed by atoms with E-state index in [1.165, 1.54) is 38.5 Å². The largest absolute Gasteiger partial charge is 0.493 e. The minimum absolute atomic E-state index is 0.0316. The average molecular weight is 357 g/mol. The highest BCUT2D eigenvalue weighted by Crippen LogP contribution is 2.61. The van der Waals surface area contributed by atoms with Crippen LogP contribution in [0.15, 0.2) is 18.2 Å². The minimum Gasteiger partial charge on any atom is -0.493 e. The molecule has 0 radical (unpaired) electrons. The van der Waals surface area contributed by atoms with E-state index in [1.54, 1.807) is 7.11 Å². The maximum atomic E-state index is 12.5. The van der Waals surface area contributed by atoms with Gasteiger partial charge in [0.2, 0.25) is 0 Å². The molecule has 1 amide bonds. The lowest BCUT2D eigenvalue weighted by molar-refractivity contribution is -0.127. The molecule has 5 rings (SSSR count). The number of amides is 1. The highest BCUT2D eigenvalue weighted by molar-refractivity contribution is 5.78. The van der Waals surface area contributed by atoms with Gasteiger partial charge in [-0.2, -0.15) is 0 Å². The Bertz CT molecular complexity index is 649. The van der Waals surface area contributed by atoms with Crippen LogP contribution >= 0.6 is 0 Å². The maximum absolute atomic E-state index is 12.5. The second-order valence-electron chi connectivity index (χ2n) is 9.01. The fraction of sp³-hybridized carbons (Fsp3) is 0.682. The third-order valence-corrected chi connectivity index (χ3v) is 7.06. The molecule has 4 aliphatic carbocycles. The monoisotopic (exact) mass is 357 g/mol. The molecule has 0 saturated heterocycles. The van der Waals surface area contributed by atoms with E-state index in [-0.39, 0.29) is 18.6 Å². The van der Waals surface area contributed by atoms with Crippen molar-refractivity contribution in [1.82, 2.24) is 5.32 Å². The number of methoxy groups -OCH3 is 1. The standard InChI is InChI=1S/C22H31NO3/c1-14-4-5-19(20(6-14)25-3)26-13-21(24)23-15(2)22-10-16-7-17(11-22)9-18(8-16)12-22/h4-6,15-18H,7-13H2,1-3H3,(H,23,24). The number of hydrogen-bond donors (Lipinski definition) is 1. The number of ether oxygens (including phenoxy) is 2. The van der Waals surface area contributed by atoms with Crippen LogP contribution in [0.1, 0.15) is 51.0 Å². The van der Waals surface area contributed by atoms with Gasteiger partial charge in [0.15, 0.2) is 18.1 Å². The number of carbonyl (C=O) groups excluding carboxylic acids is 1. The van der Waals surface area contributed by atoms with Gasteiger partial charge in [-0.1, -0.05) is 6.07 Å². The van der Waals surface area contributed by atoms with E-state index in [4.69, 9.17) is 9.47 Å². The normalized spacial score (nSPS) is 33.0. The first-order valence-electron chi connectivity index (χ1n) is 10.0. The summed E-state index contributed by atoms with van der Waals surface area (Å²) >= 11 is 0. The molecule has 4 saturated carbocycles. The fourth-order valence-corrected chi connectivity index (χ4v) is 6.18. The molecule has 4 bridgehead atoms. The number of nitrogens with one attached hydrogen (secondary N) is 1. The van der Waals surface area contributed by atoms with Crippen molar-refractivity contribution in [3.05, 3.63) is 23.8 Å². The van der Waals surface area contributed by atoms with E-state index in [1.807, 2.05) is 25.1 Å². The molecule has 0 heterocycles. The SMILES string of the molecule is COc1cc(C)ccc1OCC(=O)NC(C)C12CC3CC(CC(C3)C1)C2. The molecular weight excluding hydrogens is 326 g/mol. The van der Waals surface area contributed by atoms with Gasteiger partial charge in [-0.15, -0.1) is 0 Å². The van der Waals surface area contributed by atoms with E-state index in [0.717, 1.165) is 23.3 Å². The molecule has 4 fully saturated rings. The van der Waals surface area contributed by atoms with E-state index in [2.05, 4.69) is 12.2 Å². The van der Waals surface area contributed by atoms with E-state index in [0.29, 0.717) is 16.9 Å². The van der Waals surface area contributed by atoms with Gasteiger partial charge >= 0.3 is 0 Å². The Balaban J connectivity index is 1.35. The van der Waals surface area contributed by atoms with Gasteiger partial charge in [-0.05, 0) is 93.2 Å². The Morgan fingerprint density at radius 2 is 1.77 bits per heavy atom. The first-order valence-corrected chi connectivity index (χ1v) is 10.0. The molecule has 0 aliphatic heterocycles. The summed E-state index contributed by atoms with van der Waals surface area (Å²) in [5, 5.41) is 3.25. The lowest BCUT2D eigenvalue weighted by atomic mass is 9.48. The molecule has 142 valence electrons. The zero-order valence-corrected chi connectivity index (χ0v) is 16.2. The number of carbonyl (C=O) groups is 1. The molecule has 1 unspecified atom stereocenters. The van der Waals surface area contributed by atoms with Crippen LogP contribution in [0, 0.1) is 30.1 Å². The second-order valence-corrected chi connectivity index (χ2v) is 9.01.